The lowest BCUT2D eigenvalue weighted by Crippen LogP contribution is -2.09. The van der Waals surface area contributed by atoms with Crippen LogP contribution in [0.5, 0.6) is 0 Å². The van der Waals surface area contributed by atoms with Crippen molar-refractivity contribution in [2.75, 3.05) is 0 Å². The molecule has 0 saturated carbocycles. The van der Waals surface area contributed by atoms with E-state index in [1.165, 1.54) is 6.07 Å². The van der Waals surface area contributed by atoms with Gasteiger partial charge in [0, 0.05) is 12.0 Å². The standard InChI is InChI=1S/C17H14FNO/c1-2-17(20)15(11-19)13-9-7-12(8-10-13)14-5-3-4-6-16(14)18/h3-10,15H,2H2,1H3. The summed E-state index contributed by atoms with van der Waals surface area (Å²) in [6.07, 6.45) is 0.327. The molecule has 0 aliphatic heterocycles. The van der Waals surface area contributed by atoms with E-state index in [4.69, 9.17) is 5.26 Å². The Labute approximate surface area is 117 Å². The van der Waals surface area contributed by atoms with E-state index < -0.39 is 5.92 Å². The Morgan fingerprint density at radius 3 is 2.40 bits per heavy atom. The van der Waals surface area contributed by atoms with Crippen molar-refractivity contribution in [3.8, 4) is 17.2 Å². The summed E-state index contributed by atoms with van der Waals surface area (Å²) in [5.41, 5.74) is 1.89. The van der Waals surface area contributed by atoms with E-state index in [1.807, 2.05) is 6.07 Å². The molecule has 0 bridgehead atoms. The Kier molecular flexibility index (Phi) is 4.27. The average molecular weight is 267 g/mol. The van der Waals surface area contributed by atoms with Crippen LogP contribution in [-0.2, 0) is 4.79 Å². The topological polar surface area (TPSA) is 40.9 Å². The first kappa shape index (κ1) is 14.0. The Morgan fingerprint density at radius 2 is 1.85 bits per heavy atom. The fourth-order valence-corrected chi connectivity index (χ4v) is 2.09. The van der Waals surface area contributed by atoms with Gasteiger partial charge in [-0.2, -0.15) is 5.26 Å². The van der Waals surface area contributed by atoms with Crippen molar-refractivity contribution in [1.29, 1.82) is 5.26 Å². The first-order valence-corrected chi connectivity index (χ1v) is 6.44. The maximum Gasteiger partial charge on any atom is 0.154 e. The number of ketones is 1. The molecule has 0 amide bonds. The number of benzene rings is 2. The van der Waals surface area contributed by atoms with Crippen molar-refractivity contribution >= 4 is 5.78 Å². The molecule has 0 aliphatic rings. The lowest BCUT2D eigenvalue weighted by atomic mass is 9.93. The molecule has 1 atom stereocenters. The van der Waals surface area contributed by atoms with Crippen LogP contribution in [-0.4, -0.2) is 5.78 Å². The number of carbonyl (C=O) groups excluding carboxylic acids is 1. The van der Waals surface area contributed by atoms with E-state index in [0.717, 1.165) is 5.56 Å². The average Bonchev–Trinajstić information content (AvgIpc) is 2.49. The molecule has 2 aromatic carbocycles. The van der Waals surface area contributed by atoms with Crippen LogP contribution in [0.1, 0.15) is 24.8 Å². The van der Waals surface area contributed by atoms with E-state index >= 15 is 0 Å². The molecule has 0 aromatic heterocycles. The van der Waals surface area contributed by atoms with E-state index in [0.29, 0.717) is 17.5 Å². The molecule has 20 heavy (non-hydrogen) atoms. The molecule has 0 fully saturated rings. The van der Waals surface area contributed by atoms with Gasteiger partial charge in [-0.1, -0.05) is 49.4 Å². The zero-order chi connectivity index (χ0) is 14.5. The molecule has 0 heterocycles. The van der Waals surface area contributed by atoms with Gasteiger partial charge in [-0.3, -0.25) is 4.79 Å². The van der Waals surface area contributed by atoms with Crippen LogP contribution in [0.2, 0.25) is 0 Å². The number of halogens is 1. The van der Waals surface area contributed by atoms with Crippen molar-refractivity contribution in [1.82, 2.24) is 0 Å². The van der Waals surface area contributed by atoms with Crippen molar-refractivity contribution in [2.24, 2.45) is 0 Å². The fourth-order valence-electron chi connectivity index (χ4n) is 2.09. The third-order valence-corrected chi connectivity index (χ3v) is 3.23. The minimum atomic E-state index is -0.741. The lowest BCUT2D eigenvalue weighted by Gasteiger charge is -2.09. The van der Waals surface area contributed by atoms with Gasteiger partial charge in [-0.15, -0.1) is 0 Å². The second kappa shape index (κ2) is 6.12. The maximum absolute atomic E-state index is 13.7. The Bertz CT molecular complexity index is 655. The molecule has 1 unspecified atom stereocenters. The summed E-state index contributed by atoms with van der Waals surface area (Å²) < 4.78 is 13.7. The largest absolute Gasteiger partial charge is 0.298 e. The number of Topliss-reactive ketones (excluding diaryl/α,β-unsaturated/α-hetero) is 1. The van der Waals surface area contributed by atoms with E-state index in [1.54, 1.807) is 49.4 Å². The molecule has 0 spiro atoms. The van der Waals surface area contributed by atoms with Gasteiger partial charge in [0.05, 0.1) is 6.07 Å². The highest BCUT2D eigenvalue weighted by Crippen LogP contribution is 2.25. The third-order valence-electron chi connectivity index (χ3n) is 3.23. The Balaban J connectivity index is 2.34. The molecule has 2 aromatic rings. The summed E-state index contributed by atoms with van der Waals surface area (Å²) >= 11 is 0. The van der Waals surface area contributed by atoms with Crippen LogP contribution in [0.25, 0.3) is 11.1 Å². The minimum absolute atomic E-state index is 0.105. The van der Waals surface area contributed by atoms with Crippen LogP contribution >= 0.6 is 0 Å². The first-order valence-electron chi connectivity index (χ1n) is 6.44. The molecular formula is C17H14FNO. The van der Waals surface area contributed by atoms with Crippen molar-refractivity contribution in [3.05, 3.63) is 59.9 Å². The smallest absolute Gasteiger partial charge is 0.154 e. The summed E-state index contributed by atoms with van der Waals surface area (Å²) in [6.45, 7) is 1.74. The molecule has 100 valence electrons. The quantitative estimate of drug-likeness (QED) is 0.837. The van der Waals surface area contributed by atoms with Gasteiger partial charge in [0.25, 0.3) is 0 Å². The molecule has 3 heteroatoms. The van der Waals surface area contributed by atoms with Gasteiger partial charge >= 0.3 is 0 Å². The molecule has 0 radical (unpaired) electrons. The lowest BCUT2D eigenvalue weighted by molar-refractivity contribution is -0.119. The SMILES string of the molecule is CCC(=O)C(C#N)c1ccc(-c2ccccc2F)cc1. The van der Waals surface area contributed by atoms with Crippen LogP contribution in [0.4, 0.5) is 4.39 Å². The predicted octanol–water partition coefficient (Wildman–Crippen LogP) is 4.08. The Hall–Kier alpha value is -2.47. The van der Waals surface area contributed by atoms with Gasteiger partial charge in [-0.25, -0.2) is 4.39 Å². The fraction of sp³-hybridized carbons (Fsp3) is 0.176. The normalized spacial score (nSPS) is 11.7. The molecule has 0 N–H and O–H groups in total. The predicted molar refractivity (Wildman–Crippen MR) is 75.5 cm³/mol. The highest BCUT2D eigenvalue weighted by Gasteiger charge is 2.18. The van der Waals surface area contributed by atoms with Gasteiger partial charge in [0.2, 0.25) is 0 Å². The zero-order valence-electron chi connectivity index (χ0n) is 11.1. The maximum atomic E-state index is 13.7. The summed E-state index contributed by atoms with van der Waals surface area (Å²) in [7, 11) is 0. The van der Waals surface area contributed by atoms with Crippen molar-refractivity contribution in [3.63, 3.8) is 0 Å². The van der Waals surface area contributed by atoms with Crippen LogP contribution in [0, 0.1) is 17.1 Å². The van der Waals surface area contributed by atoms with Gasteiger partial charge < -0.3 is 0 Å². The second-order valence-corrected chi connectivity index (χ2v) is 4.48. The molecule has 2 nitrogen and oxygen atoms in total. The molecule has 0 aliphatic carbocycles. The minimum Gasteiger partial charge on any atom is -0.298 e. The third kappa shape index (κ3) is 2.75. The van der Waals surface area contributed by atoms with Gasteiger partial charge in [-0.05, 0) is 17.2 Å². The number of nitriles is 1. The molecule has 2 rings (SSSR count). The molecule has 0 saturated heterocycles. The van der Waals surface area contributed by atoms with Crippen LogP contribution in [0.15, 0.2) is 48.5 Å². The molecular weight excluding hydrogens is 253 g/mol. The highest BCUT2D eigenvalue weighted by atomic mass is 19.1. The van der Waals surface area contributed by atoms with Crippen LogP contribution < -0.4 is 0 Å². The Morgan fingerprint density at radius 1 is 1.20 bits per heavy atom. The number of rotatable bonds is 4. The number of hydrogen-bond donors (Lipinski definition) is 0. The number of nitrogens with zero attached hydrogens (tertiary/aromatic N) is 1. The first-order chi connectivity index (χ1) is 9.67. The number of hydrogen-bond acceptors (Lipinski definition) is 2. The summed E-state index contributed by atoms with van der Waals surface area (Å²) in [5.74, 6) is -1.14. The second-order valence-electron chi connectivity index (χ2n) is 4.48. The van der Waals surface area contributed by atoms with Gasteiger partial charge in [0.15, 0.2) is 5.78 Å². The van der Waals surface area contributed by atoms with Crippen molar-refractivity contribution < 1.29 is 9.18 Å². The monoisotopic (exact) mass is 267 g/mol. The zero-order valence-corrected chi connectivity index (χ0v) is 11.1. The summed E-state index contributed by atoms with van der Waals surface area (Å²) in [6, 6.07) is 15.4. The van der Waals surface area contributed by atoms with Gasteiger partial charge in [0.1, 0.15) is 11.7 Å². The van der Waals surface area contributed by atoms with E-state index in [9.17, 15) is 9.18 Å². The van der Waals surface area contributed by atoms with E-state index in [2.05, 4.69) is 0 Å². The summed E-state index contributed by atoms with van der Waals surface area (Å²) in [4.78, 5) is 11.7. The summed E-state index contributed by atoms with van der Waals surface area (Å²) in [5, 5.41) is 9.08. The number of carbonyl (C=O) groups is 1. The van der Waals surface area contributed by atoms with E-state index in [-0.39, 0.29) is 11.6 Å². The van der Waals surface area contributed by atoms with Crippen LogP contribution in [0.3, 0.4) is 0 Å². The van der Waals surface area contributed by atoms with Crippen molar-refractivity contribution in [2.45, 2.75) is 19.3 Å². The highest BCUT2D eigenvalue weighted by molar-refractivity contribution is 5.88.